The molecular formula is C20H26N4O3S. The van der Waals surface area contributed by atoms with Crippen molar-refractivity contribution in [2.45, 2.75) is 56.4 Å². The van der Waals surface area contributed by atoms with E-state index in [4.69, 9.17) is 5.11 Å². The minimum Gasteiger partial charge on any atom is -0.481 e. The van der Waals surface area contributed by atoms with Crippen molar-refractivity contribution in [1.82, 2.24) is 10.2 Å². The number of amidine groups is 1. The molecule has 0 radical (unpaired) electrons. The van der Waals surface area contributed by atoms with Gasteiger partial charge in [-0.3, -0.25) is 14.5 Å². The highest BCUT2D eigenvalue weighted by atomic mass is 32.2. The van der Waals surface area contributed by atoms with Crippen molar-refractivity contribution in [2.75, 3.05) is 7.05 Å². The Morgan fingerprint density at radius 3 is 2.82 bits per heavy atom. The number of carbonyl (C=O) groups excluding carboxylic acids is 1. The predicted molar refractivity (Wildman–Crippen MR) is 112 cm³/mol. The van der Waals surface area contributed by atoms with Gasteiger partial charge in [0.05, 0.1) is 12.6 Å². The smallest absolute Gasteiger partial charge is 0.305 e. The molecule has 1 heterocycles. The van der Waals surface area contributed by atoms with E-state index in [2.05, 4.69) is 33.5 Å². The second-order valence-corrected chi connectivity index (χ2v) is 8.44. The largest absolute Gasteiger partial charge is 0.481 e. The van der Waals surface area contributed by atoms with Gasteiger partial charge in [-0.05, 0) is 31.0 Å². The fraction of sp³-hybridized carbons (Fsp3) is 0.500. The SMILES string of the molecule is CN(Cc1ccccc1C=NN=C1NC(=O)C(CC(=O)O)S1)C1CCCCC1. The van der Waals surface area contributed by atoms with Crippen molar-refractivity contribution in [3.8, 4) is 0 Å². The zero-order chi connectivity index (χ0) is 19.9. The number of rotatable bonds is 7. The van der Waals surface area contributed by atoms with Crippen molar-refractivity contribution in [3.63, 3.8) is 0 Å². The lowest BCUT2D eigenvalue weighted by Crippen LogP contribution is -2.33. The number of carboxylic acids is 1. The fourth-order valence-corrected chi connectivity index (χ4v) is 4.53. The molecule has 1 unspecified atom stereocenters. The highest BCUT2D eigenvalue weighted by molar-refractivity contribution is 8.15. The van der Waals surface area contributed by atoms with Crippen LogP contribution in [0.4, 0.5) is 0 Å². The molecule has 0 aromatic heterocycles. The van der Waals surface area contributed by atoms with E-state index in [1.54, 1.807) is 6.21 Å². The number of nitrogens with one attached hydrogen (secondary N) is 1. The van der Waals surface area contributed by atoms with E-state index in [-0.39, 0.29) is 12.3 Å². The fourth-order valence-electron chi connectivity index (χ4n) is 3.61. The lowest BCUT2D eigenvalue weighted by atomic mass is 9.94. The number of hydrogen-bond donors (Lipinski definition) is 2. The van der Waals surface area contributed by atoms with Crippen LogP contribution in [0.2, 0.25) is 0 Å². The first kappa shape index (κ1) is 20.5. The maximum atomic E-state index is 11.7. The van der Waals surface area contributed by atoms with Crippen molar-refractivity contribution in [3.05, 3.63) is 35.4 Å². The second-order valence-electron chi connectivity index (χ2n) is 7.25. The number of thioether (sulfide) groups is 1. The highest BCUT2D eigenvalue weighted by Crippen LogP contribution is 2.24. The molecule has 1 amide bonds. The van der Waals surface area contributed by atoms with Crippen LogP contribution >= 0.6 is 11.8 Å². The molecule has 1 saturated carbocycles. The number of nitrogens with zero attached hydrogens (tertiary/aromatic N) is 3. The first-order valence-corrected chi connectivity index (χ1v) is 10.5. The quantitative estimate of drug-likeness (QED) is 0.540. The third kappa shape index (κ3) is 5.65. The molecule has 0 spiro atoms. The topological polar surface area (TPSA) is 94.4 Å². The third-order valence-corrected chi connectivity index (χ3v) is 6.23. The number of carboxylic acid groups (broad SMARTS) is 1. The van der Waals surface area contributed by atoms with Crippen LogP contribution in [0, 0.1) is 0 Å². The molecule has 8 heteroatoms. The van der Waals surface area contributed by atoms with E-state index < -0.39 is 11.2 Å². The lowest BCUT2D eigenvalue weighted by molar-refractivity contribution is -0.138. The Kier molecular flexibility index (Phi) is 7.22. The molecule has 1 aromatic carbocycles. The van der Waals surface area contributed by atoms with Gasteiger partial charge in [-0.2, -0.15) is 5.10 Å². The van der Waals surface area contributed by atoms with Gasteiger partial charge in [0, 0.05) is 12.6 Å². The van der Waals surface area contributed by atoms with Gasteiger partial charge in [0.15, 0.2) is 5.17 Å². The molecule has 1 atom stereocenters. The Hall–Kier alpha value is -2.19. The molecular weight excluding hydrogens is 376 g/mol. The Labute approximate surface area is 169 Å². The molecule has 2 fully saturated rings. The molecule has 28 heavy (non-hydrogen) atoms. The average molecular weight is 403 g/mol. The van der Waals surface area contributed by atoms with Gasteiger partial charge < -0.3 is 10.4 Å². The molecule has 0 bridgehead atoms. The molecule has 2 aliphatic rings. The van der Waals surface area contributed by atoms with Crippen molar-refractivity contribution in [1.29, 1.82) is 0 Å². The van der Waals surface area contributed by atoms with Crippen LogP contribution in [0.25, 0.3) is 0 Å². The summed E-state index contributed by atoms with van der Waals surface area (Å²) in [5.41, 5.74) is 2.18. The number of benzene rings is 1. The van der Waals surface area contributed by atoms with Gasteiger partial charge >= 0.3 is 5.97 Å². The van der Waals surface area contributed by atoms with Crippen LogP contribution in [0.5, 0.6) is 0 Å². The summed E-state index contributed by atoms with van der Waals surface area (Å²) in [5, 5.41) is 19.3. The maximum Gasteiger partial charge on any atom is 0.305 e. The van der Waals surface area contributed by atoms with E-state index >= 15 is 0 Å². The van der Waals surface area contributed by atoms with Crippen LogP contribution in [0.15, 0.2) is 34.5 Å². The number of aliphatic carboxylic acids is 1. The lowest BCUT2D eigenvalue weighted by Gasteiger charge is -2.31. The van der Waals surface area contributed by atoms with Gasteiger partial charge in [0.1, 0.15) is 5.25 Å². The third-order valence-electron chi connectivity index (χ3n) is 5.15. The van der Waals surface area contributed by atoms with Gasteiger partial charge in [0.2, 0.25) is 5.91 Å². The summed E-state index contributed by atoms with van der Waals surface area (Å²) in [4.78, 5) is 24.9. The van der Waals surface area contributed by atoms with Crippen LogP contribution < -0.4 is 5.32 Å². The number of carbonyl (C=O) groups is 2. The first-order valence-electron chi connectivity index (χ1n) is 9.61. The summed E-state index contributed by atoms with van der Waals surface area (Å²) in [7, 11) is 2.18. The molecule has 1 aromatic rings. The van der Waals surface area contributed by atoms with Crippen LogP contribution in [0.1, 0.15) is 49.7 Å². The Morgan fingerprint density at radius 1 is 1.32 bits per heavy atom. The van der Waals surface area contributed by atoms with E-state index in [1.165, 1.54) is 37.7 Å². The monoisotopic (exact) mass is 402 g/mol. The van der Waals surface area contributed by atoms with Gasteiger partial charge in [-0.1, -0.05) is 55.3 Å². The maximum absolute atomic E-state index is 11.7. The summed E-state index contributed by atoms with van der Waals surface area (Å²) in [6, 6.07) is 8.73. The van der Waals surface area contributed by atoms with Gasteiger partial charge in [-0.15, -0.1) is 5.10 Å². The van der Waals surface area contributed by atoms with E-state index in [0.717, 1.165) is 23.9 Å². The van der Waals surface area contributed by atoms with Crippen LogP contribution in [-0.2, 0) is 16.1 Å². The molecule has 150 valence electrons. The second kappa shape index (κ2) is 9.84. The minimum atomic E-state index is -1.01. The first-order chi connectivity index (χ1) is 13.5. The normalized spacial score (nSPS) is 22.3. The summed E-state index contributed by atoms with van der Waals surface area (Å²) < 4.78 is 0. The summed E-state index contributed by atoms with van der Waals surface area (Å²) >= 11 is 1.10. The molecule has 1 saturated heterocycles. The highest BCUT2D eigenvalue weighted by Gasteiger charge is 2.32. The summed E-state index contributed by atoms with van der Waals surface area (Å²) in [6.45, 7) is 0.857. The Bertz CT molecular complexity index is 774. The predicted octanol–water partition coefficient (Wildman–Crippen LogP) is 2.85. The van der Waals surface area contributed by atoms with E-state index in [9.17, 15) is 9.59 Å². The van der Waals surface area contributed by atoms with Crippen molar-refractivity contribution < 1.29 is 14.7 Å². The average Bonchev–Trinajstić information content (AvgIpc) is 3.02. The molecule has 1 aliphatic carbocycles. The molecule has 7 nitrogen and oxygen atoms in total. The zero-order valence-electron chi connectivity index (χ0n) is 16.0. The van der Waals surface area contributed by atoms with E-state index in [0.29, 0.717) is 11.2 Å². The Balaban J connectivity index is 1.63. The Morgan fingerprint density at radius 2 is 2.07 bits per heavy atom. The number of amides is 1. The molecule has 2 N–H and O–H groups in total. The minimum absolute atomic E-state index is 0.227. The van der Waals surface area contributed by atoms with Gasteiger partial charge in [0.25, 0.3) is 0 Å². The standard InChI is InChI=1S/C20H26N4O3S/c1-24(16-9-3-2-4-10-16)13-15-8-6-5-7-14(15)12-21-23-20-22-19(27)17(28-20)11-18(25)26/h5-8,12,16-17H,2-4,9-11,13H2,1H3,(H,25,26)(H,22,23,27). The zero-order valence-corrected chi connectivity index (χ0v) is 16.8. The molecule has 3 rings (SSSR count). The van der Waals surface area contributed by atoms with Gasteiger partial charge in [-0.25, -0.2) is 0 Å². The van der Waals surface area contributed by atoms with Crippen LogP contribution in [0.3, 0.4) is 0 Å². The van der Waals surface area contributed by atoms with Crippen LogP contribution in [-0.4, -0.2) is 51.6 Å². The van der Waals surface area contributed by atoms with E-state index in [1.807, 2.05) is 18.2 Å². The summed E-state index contributed by atoms with van der Waals surface area (Å²) in [5.74, 6) is -1.34. The number of hydrogen-bond acceptors (Lipinski definition) is 6. The van der Waals surface area contributed by atoms with Crippen molar-refractivity contribution in [2.24, 2.45) is 10.2 Å². The molecule has 1 aliphatic heterocycles. The summed E-state index contributed by atoms with van der Waals surface area (Å²) in [6.07, 6.45) is 7.94. The van der Waals surface area contributed by atoms with Crippen molar-refractivity contribution >= 4 is 35.0 Å².